The molecule has 0 atom stereocenters. The first-order valence-corrected chi connectivity index (χ1v) is 8.63. The van der Waals surface area contributed by atoms with Gasteiger partial charge < -0.3 is 10.6 Å². The van der Waals surface area contributed by atoms with E-state index in [4.69, 9.17) is 0 Å². The van der Waals surface area contributed by atoms with Gasteiger partial charge in [-0.3, -0.25) is 9.59 Å². The lowest BCUT2D eigenvalue weighted by Gasteiger charge is -2.33. The third-order valence-electron chi connectivity index (χ3n) is 5.64. The normalized spacial score (nSPS) is 24.0. The van der Waals surface area contributed by atoms with Crippen LogP contribution in [0.3, 0.4) is 0 Å². The molecule has 23 heavy (non-hydrogen) atoms. The fourth-order valence-electron chi connectivity index (χ4n) is 4.32. The van der Waals surface area contributed by atoms with Crippen molar-refractivity contribution in [3.05, 3.63) is 29.8 Å². The summed E-state index contributed by atoms with van der Waals surface area (Å²) in [5.74, 6) is -0.0341. The summed E-state index contributed by atoms with van der Waals surface area (Å²) < 4.78 is 0. The van der Waals surface area contributed by atoms with Crippen molar-refractivity contribution >= 4 is 17.5 Å². The fraction of sp³-hybridized carbons (Fsp3) is 0.556. The average Bonchev–Trinajstić information content (AvgIpc) is 2.85. The molecular weight excluding hydrogens is 290 g/mol. The van der Waals surface area contributed by atoms with E-state index in [2.05, 4.69) is 10.6 Å². The molecule has 0 saturated carbocycles. The van der Waals surface area contributed by atoms with Crippen LogP contribution in [0.25, 0.3) is 0 Å². The van der Waals surface area contributed by atoms with Crippen molar-refractivity contribution in [2.45, 2.75) is 31.1 Å². The van der Waals surface area contributed by atoms with E-state index in [1.54, 1.807) is 0 Å². The summed E-state index contributed by atoms with van der Waals surface area (Å²) in [4.78, 5) is 27.9. The molecule has 0 unspecified atom stereocenters. The van der Waals surface area contributed by atoms with Crippen LogP contribution in [0.2, 0.25) is 0 Å². The zero-order chi connectivity index (χ0) is 15.9. The van der Waals surface area contributed by atoms with E-state index in [1.807, 2.05) is 24.3 Å². The highest BCUT2D eigenvalue weighted by atomic mass is 16.2. The van der Waals surface area contributed by atoms with Crippen LogP contribution in [-0.4, -0.2) is 38.0 Å². The quantitative estimate of drug-likeness (QED) is 0.764. The van der Waals surface area contributed by atoms with Crippen molar-refractivity contribution in [1.82, 2.24) is 10.6 Å². The zero-order valence-corrected chi connectivity index (χ0v) is 13.3. The number of piperidine rings is 2. The number of anilines is 1. The minimum atomic E-state index is -0.496. The number of hydrogen-bond acceptors (Lipinski definition) is 4. The molecule has 122 valence electrons. The minimum Gasteiger partial charge on any atom is -0.317 e. The Morgan fingerprint density at radius 2 is 1.70 bits per heavy atom. The molecule has 2 fully saturated rings. The predicted molar refractivity (Wildman–Crippen MR) is 88.3 cm³/mol. The Kier molecular flexibility index (Phi) is 3.70. The van der Waals surface area contributed by atoms with Gasteiger partial charge >= 0.3 is 0 Å². The lowest BCUT2D eigenvalue weighted by molar-refractivity contribution is -0.131. The Morgan fingerprint density at radius 1 is 1.04 bits per heavy atom. The van der Waals surface area contributed by atoms with E-state index >= 15 is 0 Å². The number of carbonyl (C=O) groups is 2. The van der Waals surface area contributed by atoms with Crippen LogP contribution in [0.5, 0.6) is 0 Å². The van der Waals surface area contributed by atoms with Crippen LogP contribution in [0, 0.1) is 5.92 Å². The molecule has 5 heteroatoms. The topological polar surface area (TPSA) is 61.4 Å². The van der Waals surface area contributed by atoms with Crippen LogP contribution in [0.1, 0.15) is 31.2 Å². The van der Waals surface area contributed by atoms with Crippen LogP contribution in [-0.2, 0) is 15.0 Å². The fourth-order valence-corrected chi connectivity index (χ4v) is 4.32. The number of hydrogen-bond donors (Lipinski definition) is 2. The first kappa shape index (κ1) is 14.8. The molecule has 1 aromatic rings. The number of fused-ring (bicyclic) bond motifs is 2. The lowest BCUT2D eigenvalue weighted by Crippen LogP contribution is -2.50. The van der Waals surface area contributed by atoms with Crippen LogP contribution in [0.15, 0.2) is 24.3 Å². The van der Waals surface area contributed by atoms with Gasteiger partial charge in [-0.05, 0) is 63.5 Å². The standard InChI is InChI=1S/C18H23N3O2/c22-16(13-5-9-19-10-6-13)21-15-4-2-1-3-14(15)18(17(21)23)7-11-20-12-8-18/h1-4,13,19-20H,5-12H2. The van der Waals surface area contributed by atoms with Gasteiger partial charge in [0.1, 0.15) is 0 Å². The number of amides is 2. The van der Waals surface area contributed by atoms with Gasteiger partial charge in [0.05, 0.1) is 11.1 Å². The predicted octanol–water partition coefficient (Wildman–Crippen LogP) is 1.18. The van der Waals surface area contributed by atoms with Gasteiger partial charge in [0.25, 0.3) is 0 Å². The number of nitrogens with one attached hydrogen (secondary N) is 2. The van der Waals surface area contributed by atoms with Gasteiger partial charge in [0.2, 0.25) is 11.8 Å². The van der Waals surface area contributed by atoms with E-state index in [1.165, 1.54) is 4.90 Å². The SMILES string of the molecule is O=C(C1CCNCC1)N1C(=O)C2(CCNCC2)c2ccccc21. The summed E-state index contributed by atoms with van der Waals surface area (Å²) in [5.41, 5.74) is 1.38. The molecule has 1 spiro atoms. The Balaban J connectivity index is 1.73. The molecule has 0 aliphatic carbocycles. The number of benzene rings is 1. The summed E-state index contributed by atoms with van der Waals surface area (Å²) in [7, 11) is 0. The van der Waals surface area contributed by atoms with Crippen molar-refractivity contribution in [2.75, 3.05) is 31.1 Å². The second-order valence-corrected chi connectivity index (χ2v) is 6.85. The number of rotatable bonds is 1. The van der Waals surface area contributed by atoms with Crippen molar-refractivity contribution in [3.63, 3.8) is 0 Å². The van der Waals surface area contributed by atoms with Gasteiger partial charge in [-0.25, -0.2) is 4.90 Å². The minimum absolute atomic E-state index is 0.000595. The molecule has 2 saturated heterocycles. The second-order valence-electron chi connectivity index (χ2n) is 6.85. The number of para-hydroxylation sites is 1. The highest BCUT2D eigenvalue weighted by Gasteiger charge is 2.53. The number of carbonyl (C=O) groups excluding carboxylic acids is 2. The Labute approximate surface area is 136 Å². The van der Waals surface area contributed by atoms with Crippen molar-refractivity contribution in [2.24, 2.45) is 5.92 Å². The Hall–Kier alpha value is -1.72. The maximum absolute atomic E-state index is 13.3. The van der Waals surface area contributed by atoms with Crippen LogP contribution >= 0.6 is 0 Å². The van der Waals surface area contributed by atoms with Crippen molar-refractivity contribution in [3.8, 4) is 0 Å². The molecule has 3 aliphatic heterocycles. The van der Waals surface area contributed by atoms with E-state index in [-0.39, 0.29) is 17.7 Å². The summed E-state index contributed by atoms with van der Waals surface area (Å²) in [6.07, 6.45) is 3.19. The lowest BCUT2D eigenvalue weighted by atomic mass is 9.74. The van der Waals surface area contributed by atoms with E-state index < -0.39 is 5.41 Å². The highest BCUT2D eigenvalue weighted by Crippen LogP contribution is 2.47. The van der Waals surface area contributed by atoms with Gasteiger partial charge in [-0.15, -0.1) is 0 Å². The third-order valence-corrected chi connectivity index (χ3v) is 5.64. The first-order chi connectivity index (χ1) is 11.2. The third kappa shape index (κ3) is 2.22. The molecule has 1 aromatic carbocycles. The van der Waals surface area contributed by atoms with Crippen LogP contribution < -0.4 is 15.5 Å². The van der Waals surface area contributed by atoms with E-state index in [0.717, 1.165) is 63.1 Å². The molecule has 2 amide bonds. The zero-order valence-electron chi connectivity index (χ0n) is 13.3. The highest BCUT2D eigenvalue weighted by molar-refractivity contribution is 6.23. The van der Waals surface area contributed by atoms with E-state index in [0.29, 0.717) is 0 Å². The molecule has 5 nitrogen and oxygen atoms in total. The Bertz CT molecular complexity index is 631. The molecule has 0 radical (unpaired) electrons. The molecule has 3 heterocycles. The summed E-state index contributed by atoms with van der Waals surface area (Å²) in [6.45, 7) is 3.37. The monoisotopic (exact) mass is 313 g/mol. The maximum Gasteiger partial charge on any atom is 0.244 e. The van der Waals surface area contributed by atoms with E-state index in [9.17, 15) is 9.59 Å². The van der Waals surface area contributed by atoms with Gasteiger partial charge in [-0.2, -0.15) is 0 Å². The largest absolute Gasteiger partial charge is 0.317 e. The molecule has 0 aromatic heterocycles. The van der Waals surface area contributed by atoms with Crippen LogP contribution in [0.4, 0.5) is 5.69 Å². The molecular formula is C18H23N3O2. The smallest absolute Gasteiger partial charge is 0.244 e. The number of imide groups is 1. The second kappa shape index (κ2) is 5.73. The number of nitrogens with zero attached hydrogens (tertiary/aromatic N) is 1. The van der Waals surface area contributed by atoms with Crippen molar-refractivity contribution < 1.29 is 9.59 Å². The molecule has 3 aliphatic rings. The molecule has 0 bridgehead atoms. The summed E-state index contributed by atoms with van der Waals surface area (Å²) >= 11 is 0. The first-order valence-electron chi connectivity index (χ1n) is 8.63. The summed E-state index contributed by atoms with van der Waals surface area (Å²) in [5, 5.41) is 6.61. The van der Waals surface area contributed by atoms with Gasteiger partial charge in [-0.1, -0.05) is 18.2 Å². The van der Waals surface area contributed by atoms with Gasteiger partial charge in [0.15, 0.2) is 0 Å². The van der Waals surface area contributed by atoms with Crippen molar-refractivity contribution in [1.29, 1.82) is 0 Å². The average molecular weight is 313 g/mol. The maximum atomic E-state index is 13.3. The Morgan fingerprint density at radius 3 is 2.43 bits per heavy atom. The van der Waals surface area contributed by atoms with Gasteiger partial charge in [0, 0.05) is 5.92 Å². The molecule has 4 rings (SSSR count). The summed E-state index contributed by atoms with van der Waals surface area (Å²) in [6, 6.07) is 7.88. The molecule has 2 N–H and O–H groups in total.